The molecular weight excluding hydrogens is 412 g/mol. The molecule has 0 aromatic heterocycles. The molecule has 0 bridgehead atoms. The van der Waals surface area contributed by atoms with E-state index in [-0.39, 0.29) is 12.5 Å². The van der Waals surface area contributed by atoms with Crippen molar-refractivity contribution < 1.29 is 29.0 Å². The number of hydrogen-bond donors (Lipinski definition) is 1. The van der Waals surface area contributed by atoms with Crippen molar-refractivity contribution in [1.82, 2.24) is 9.80 Å². The number of amides is 2. The number of nitrogens with zero attached hydrogens (tertiary/aromatic N) is 2. The topological polar surface area (TPSA) is 104 Å². The number of likely N-dealkylation sites (tertiary alicyclic amines) is 1. The van der Waals surface area contributed by atoms with Gasteiger partial charge in [-0.3, -0.25) is 19.3 Å². The van der Waals surface area contributed by atoms with Crippen LogP contribution in [0.5, 0.6) is 0 Å². The van der Waals surface area contributed by atoms with Crippen molar-refractivity contribution >= 4 is 30.1 Å². The van der Waals surface area contributed by atoms with Crippen molar-refractivity contribution in [2.24, 2.45) is 0 Å². The molecule has 4 atom stereocenters. The van der Waals surface area contributed by atoms with Crippen LogP contribution in [0.3, 0.4) is 0 Å². The van der Waals surface area contributed by atoms with Crippen molar-refractivity contribution in [3.63, 3.8) is 0 Å². The quantitative estimate of drug-likeness (QED) is 0.503. The molecule has 2 aromatic rings. The van der Waals surface area contributed by atoms with Gasteiger partial charge in [0.05, 0.1) is 18.5 Å². The molecule has 2 amide bonds. The second-order valence-corrected chi connectivity index (χ2v) is 7.63. The van der Waals surface area contributed by atoms with Crippen LogP contribution >= 0.6 is 0 Å². The molecule has 8 nitrogen and oxygen atoms in total. The van der Waals surface area contributed by atoms with E-state index in [1.165, 1.54) is 9.80 Å². The number of carboxylic acids is 1. The molecule has 2 saturated heterocycles. The lowest BCUT2D eigenvalue weighted by Gasteiger charge is -2.51. The maximum Gasteiger partial charge on any atom is 0.305 e. The number of carbonyl (C=O) groups excluding carboxylic acids is 3. The lowest BCUT2D eigenvalue weighted by atomic mass is 9.88. The number of aldehydes is 1. The molecule has 0 radical (unpaired) electrons. The predicted octanol–water partition coefficient (Wildman–Crippen LogP) is 1.88. The summed E-state index contributed by atoms with van der Waals surface area (Å²) in [5, 5.41) is 9.17. The van der Waals surface area contributed by atoms with Crippen LogP contribution in [0.25, 0.3) is 6.08 Å². The van der Waals surface area contributed by atoms with Gasteiger partial charge in [-0.15, -0.1) is 0 Å². The number of benzene rings is 2. The van der Waals surface area contributed by atoms with Gasteiger partial charge in [0.25, 0.3) is 5.91 Å². The van der Waals surface area contributed by atoms with Gasteiger partial charge < -0.3 is 19.5 Å². The van der Waals surface area contributed by atoms with E-state index in [1.807, 2.05) is 60.7 Å². The largest absolute Gasteiger partial charge is 0.481 e. The summed E-state index contributed by atoms with van der Waals surface area (Å²) in [6.07, 6.45) is 2.74. The third kappa shape index (κ3) is 4.04. The van der Waals surface area contributed by atoms with Gasteiger partial charge >= 0.3 is 5.97 Å². The van der Waals surface area contributed by atoms with E-state index in [1.54, 1.807) is 12.2 Å². The van der Waals surface area contributed by atoms with E-state index in [9.17, 15) is 24.3 Å². The van der Waals surface area contributed by atoms with E-state index < -0.39 is 42.7 Å². The highest BCUT2D eigenvalue weighted by molar-refractivity contribution is 5.97. The molecule has 0 spiro atoms. The maximum atomic E-state index is 13.2. The van der Waals surface area contributed by atoms with Gasteiger partial charge in [-0.05, 0) is 5.56 Å². The average Bonchev–Trinajstić information content (AvgIpc) is 3.17. The number of carboxylic acid groups (broad SMARTS) is 1. The summed E-state index contributed by atoms with van der Waals surface area (Å²) >= 11 is 0. The normalized spacial score (nSPS) is 23.9. The zero-order valence-corrected chi connectivity index (χ0v) is 17.1. The van der Waals surface area contributed by atoms with E-state index in [0.717, 1.165) is 11.1 Å². The average molecular weight is 434 g/mol. The van der Waals surface area contributed by atoms with Crippen molar-refractivity contribution in [2.75, 3.05) is 6.61 Å². The summed E-state index contributed by atoms with van der Waals surface area (Å²) in [5.74, 6) is -2.01. The van der Waals surface area contributed by atoms with Crippen LogP contribution in [0.1, 0.15) is 23.8 Å². The van der Waals surface area contributed by atoms with Gasteiger partial charge in [0.2, 0.25) is 5.91 Å². The first kappa shape index (κ1) is 21.5. The fourth-order valence-corrected chi connectivity index (χ4v) is 4.16. The fraction of sp³-hybridized carbons (Fsp3) is 0.250. The molecule has 1 N–H and O–H groups in total. The Labute approximate surface area is 184 Å². The molecule has 8 heteroatoms. The number of β-lactam (4-membered cyclic amide) rings is 1. The van der Waals surface area contributed by atoms with Gasteiger partial charge in [-0.25, -0.2) is 0 Å². The summed E-state index contributed by atoms with van der Waals surface area (Å²) in [6.45, 7) is -0.162. The first-order valence-corrected chi connectivity index (χ1v) is 10.2. The van der Waals surface area contributed by atoms with Crippen LogP contribution in [0, 0.1) is 0 Å². The van der Waals surface area contributed by atoms with Crippen molar-refractivity contribution in [2.45, 2.75) is 30.8 Å². The highest BCUT2D eigenvalue weighted by Crippen LogP contribution is 2.38. The van der Waals surface area contributed by atoms with Gasteiger partial charge in [-0.1, -0.05) is 72.8 Å². The number of ether oxygens (including phenoxy) is 1. The first-order chi connectivity index (χ1) is 15.5. The fourth-order valence-electron chi connectivity index (χ4n) is 4.16. The van der Waals surface area contributed by atoms with E-state index in [2.05, 4.69) is 0 Å². The molecule has 2 aliphatic rings. The minimum Gasteiger partial charge on any atom is -0.481 e. The van der Waals surface area contributed by atoms with E-state index in [4.69, 9.17) is 4.74 Å². The molecule has 2 aromatic carbocycles. The van der Waals surface area contributed by atoms with Crippen LogP contribution in [-0.2, 0) is 23.9 Å². The van der Waals surface area contributed by atoms with Crippen molar-refractivity contribution in [1.29, 1.82) is 0 Å². The van der Waals surface area contributed by atoms with Crippen LogP contribution in [0.4, 0.5) is 0 Å². The van der Waals surface area contributed by atoms with E-state index >= 15 is 0 Å². The number of carbonyl (C=O) groups is 4. The van der Waals surface area contributed by atoms with Gasteiger partial charge in [0, 0.05) is 5.56 Å². The molecule has 0 unspecified atom stereocenters. The van der Waals surface area contributed by atoms with Gasteiger partial charge in [0.15, 0.2) is 6.23 Å². The Morgan fingerprint density at radius 3 is 2.38 bits per heavy atom. The Hall–Kier alpha value is -3.78. The van der Waals surface area contributed by atoms with Crippen molar-refractivity contribution in [3.8, 4) is 0 Å². The number of hydrogen-bond acceptors (Lipinski definition) is 5. The highest BCUT2D eigenvalue weighted by atomic mass is 16.5. The maximum absolute atomic E-state index is 13.2. The summed E-state index contributed by atoms with van der Waals surface area (Å²) in [6, 6.07) is 15.7. The standard InChI is InChI=1S/C24H22N2O6/c27-14-18(13-21(29)30)25-19(12-11-16-7-3-1-4-8-16)22(23(25)31)26-20(28)15-32-24(26)17-9-5-2-6-10-17/h1-12,14,18-19,22,24H,13,15H2,(H,29,30)/b12-11+/t18-,19+,22-,24+/m0/s1. The van der Waals surface area contributed by atoms with Crippen LogP contribution < -0.4 is 0 Å². The Kier molecular flexibility index (Phi) is 6.13. The lowest BCUT2D eigenvalue weighted by molar-refractivity contribution is -0.171. The highest BCUT2D eigenvalue weighted by Gasteiger charge is 2.56. The monoisotopic (exact) mass is 434 g/mol. The Morgan fingerprint density at radius 1 is 1.09 bits per heavy atom. The predicted molar refractivity (Wildman–Crippen MR) is 114 cm³/mol. The summed E-state index contributed by atoms with van der Waals surface area (Å²) in [7, 11) is 0. The zero-order chi connectivity index (χ0) is 22.7. The molecule has 2 aliphatic heterocycles. The number of aliphatic carboxylic acids is 1. The molecular formula is C24H22N2O6. The van der Waals surface area contributed by atoms with Crippen molar-refractivity contribution in [3.05, 3.63) is 77.9 Å². The Balaban J connectivity index is 1.68. The van der Waals surface area contributed by atoms with E-state index in [0.29, 0.717) is 6.29 Å². The minimum atomic E-state index is -1.19. The molecule has 2 heterocycles. The zero-order valence-electron chi connectivity index (χ0n) is 17.1. The van der Waals surface area contributed by atoms with Crippen LogP contribution in [0.2, 0.25) is 0 Å². The summed E-state index contributed by atoms with van der Waals surface area (Å²) in [5.41, 5.74) is 1.60. The molecule has 2 fully saturated rings. The second-order valence-electron chi connectivity index (χ2n) is 7.63. The first-order valence-electron chi connectivity index (χ1n) is 10.2. The molecule has 32 heavy (non-hydrogen) atoms. The molecule has 164 valence electrons. The van der Waals surface area contributed by atoms with Crippen LogP contribution in [-0.4, -0.2) is 63.7 Å². The van der Waals surface area contributed by atoms with Crippen LogP contribution in [0.15, 0.2) is 66.7 Å². The molecule has 4 rings (SSSR count). The number of rotatable bonds is 8. The minimum absolute atomic E-state index is 0.162. The lowest BCUT2D eigenvalue weighted by Crippen LogP contribution is -2.73. The summed E-state index contributed by atoms with van der Waals surface area (Å²) in [4.78, 5) is 51.4. The Morgan fingerprint density at radius 2 is 1.75 bits per heavy atom. The third-order valence-electron chi connectivity index (χ3n) is 5.63. The summed E-state index contributed by atoms with van der Waals surface area (Å²) < 4.78 is 5.68. The van der Waals surface area contributed by atoms with Gasteiger partial charge in [-0.2, -0.15) is 0 Å². The molecule has 0 aliphatic carbocycles. The third-order valence-corrected chi connectivity index (χ3v) is 5.63. The molecule has 0 saturated carbocycles. The second kappa shape index (κ2) is 9.15. The Bertz CT molecular complexity index is 1040. The smallest absolute Gasteiger partial charge is 0.305 e. The van der Waals surface area contributed by atoms with Gasteiger partial charge in [0.1, 0.15) is 18.9 Å². The SMILES string of the molecule is O=C[C@H](CC(=O)O)N1C(=O)[C@@H](N2C(=O)CO[C@@H]2c2ccccc2)[C@H]1/C=C/c1ccccc1.